The molecule has 0 aliphatic carbocycles. The van der Waals surface area contributed by atoms with Crippen molar-refractivity contribution in [2.24, 2.45) is 0 Å². The number of ether oxygens (including phenoxy) is 2. The molecule has 104 valence electrons. The lowest BCUT2D eigenvalue weighted by Gasteiger charge is -2.27. The average molecular weight is 265 g/mol. The number of carbonyl (C=O) groups excluding carboxylic acids is 1. The number of benzene rings is 1. The number of nitrogens with one attached hydrogen (secondary N) is 2. The quantitative estimate of drug-likeness (QED) is 0.860. The summed E-state index contributed by atoms with van der Waals surface area (Å²) in [4.78, 5) is 13.9. The van der Waals surface area contributed by atoms with Crippen molar-refractivity contribution in [2.75, 3.05) is 45.7 Å². The smallest absolute Gasteiger partial charge is 0.322 e. The van der Waals surface area contributed by atoms with E-state index in [-0.39, 0.29) is 6.03 Å². The zero-order valence-corrected chi connectivity index (χ0v) is 11.2. The molecule has 2 rings (SSSR count). The van der Waals surface area contributed by atoms with E-state index in [1.165, 1.54) is 0 Å². The van der Waals surface area contributed by atoms with Crippen molar-refractivity contribution in [3.63, 3.8) is 0 Å². The van der Waals surface area contributed by atoms with Gasteiger partial charge >= 0.3 is 6.03 Å². The number of urea groups is 1. The number of nitrogens with zero attached hydrogens (tertiary/aromatic N) is 1. The fourth-order valence-electron chi connectivity index (χ4n) is 1.96. The molecular weight excluding hydrogens is 246 g/mol. The van der Waals surface area contributed by atoms with Gasteiger partial charge in [0.05, 0.1) is 19.9 Å². The Morgan fingerprint density at radius 2 is 2.00 bits per heavy atom. The zero-order chi connectivity index (χ0) is 13.7. The van der Waals surface area contributed by atoms with Crippen molar-refractivity contribution in [3.05, 3.63) is 18.2 Å². The number of methoxy groups -OCH3 is 2. The highest BCUT2D eigenvalue weighted by molar-refractivity contribution is 5.91. The van der Waals surface area contributed by atoms with Crippen molar-refractivity contribution in [3.8, 4) is 11.5 Å². The molecule has 1 saturated heterocycles. The standard InChI is InChI=1S/C13H19N3O3/c1-18-10-3-4-11(12(9-10)19-2)15-13(17)16-7-5-14-6-8-16/h3-4,9,14H,5-8H2,1-2H3,(H,15,17). The summed E-state index contributed by atoms with van der Waals surface area (Å²) in [6.45, 7) is 3.08. The predicted octanol–water partition coefficient (Wildman–Crippen LogP) is 1.14. The summed E-state index contributed by atoms with van der Waals surface area (Å²) in [7, 11) is 3.16. The highest BCUT2D eigenvalue weighted by Gasteiger charge is 2.17. The molecule has 1 aliphatic rings. The van der Waals surface area contributed by atoms with Crippen LogP contribution in [0.5, 0.6) is 11.5 Å². The Hall–Kier alpha value is -1.95. The Bertz CT molecular complexity index is 445. The van der Waals surface area contributed by atoms with Crippen LogP contribution in [-0.4, -0.2) is 51.3 Å². The van der Waals surface area contributed by atoms with E-state index in [0.29, 0.717) is 30.3 Å². The summed E-state index contributed by atoms with van der Waals surface area (Å²) in [5.41, 5.74) is 0.645. The number of hydrogen-bond donors (Lipinski definition) is 2. The second-order valence-corrected chi connectivity index (χ2v) is 4.23. The first-order valence-electron chi connectivity index (χ1n) is 6.23. The molecule has 0 spiro atoms. The minimum atomic E-state index is -0.107. The summed E-state index contributed by atoms with van der Waals surface area (Å²) in [6, 6.07) is 5.20. The topological polar surface area (TPSA) is 62.8 Å². The van der Waals surface area contributed by atoms with Crippen LogP contribution in [-0.2, 0) is 0 Å². The lowest BCUT2D eigenvalue weighted by atomic mass is 10.2. The molecule has 6 nitrogen and oxygen atoms in total. The Morgan fingerprint density at radius 1 is 1.26 bits per heavy atom. The molecule has 1 aliphatic heterocycles. The summed E-state index contributed by atoms with van der Waals surface area (Å²) in [6.07, 6.45) is 0. The van der Waals surface area contributed by atoms with E-state index in [0.717, 1.165) is 13.1 Å². The predicted molar refractivity (Wildman–Crippen MR) is 73.0 cm³/mol. The Labute approximate surface area is 112 Å². The first kappa shape index (κ1) is 13.5. The van der Waals surface area contributed by atoms with E-state index in [9.17, 15) is 4.79 Å². The van der Waals surface area contributed by atoms with E-state index in [4.69, 9.17) is 9.47 Å². The maximum Gasteiger partial charge on any atom is 0.322 e. The SMILES string of the molecule is COc1ccc(NC(=O)N2CCNCC2)c(OC)c1. The first-order valence-corrected chi connectivity index (χ1v) is 6.23. The van der Waals surface area contributed by atoms with Gasteiger partial charge < -0.3 is 25.0 Å². The van der Waals surface area contributed by atoms with Gasteiger partial charge in [-0.1, -0.05) is 0 Å². The highest BCUT2D eigenvalue weighted by Crippen LogP contribution is 2.29. The lowest BCUT2D eigenvalue weighted by molar-refractivity contribution is 0.203. The lowest BCUT2D eigenvalue weighted by Crippen LogP contribution is -2.48. The van der Waals surface area contributed by atoms with Crippen molar-refractivity contribution in [1.29, 1.82) is 0 Å². The molecule has 6 heteroatoms. The number of anilines is 1. The van der Waals surface area contributed by atoms with Crippen molar-refractivity contribution < 1.29 is 14.3 Å². The number of hydrogen-bond acceptors (Lipinski definition) is 4. The van der Waals surface area contributed by atoms with E-state index in [1.807, 2.05) is 0 Å². The number of carbonyl (C=O) groups is 1. The third-order valence-electron chi connectivity index (χ3n) is 3.05. The largest absolute Gasteiger partial charge is 0.497 e. The normalized spacial score (nSPS) is 14.9. The molecule has 19 heavy (non-hydrogen) atoms. The van der Waals surface area contributed by atoms with Crippen LogP contribution in [0.25, 0.3) is 0 Å². The fourth-order valence-corrected chi connectivity index (χ4v) is 1.96. The van der Waals surface area contributed by atoms with Crippen molar-refractivity contribution >= 4 is 11.7 Å². The summed E-state index contributed by atoms with van der Waals surface area (Å²) in [5.74, 6) is 1.28. The van der Waals surface area contributed by atoms with Crippen molar-refractivity contribution in [2.45, 2.75) is 0 Å². The van der Waals surface area contributed by atoms with Gasteiger partial charge in [-0.3, -0.25) is 0 Å². The van der Waals surface area contributed by atoms with Gasteiger partial charge in [0.1, 0.15) is 11.5 Å². The number of piperazine rings is 1. The maximum atomic E-state index is 12.1. The highest BCUT2D eigenvalue weighted by atomic mass is 16.5. The average Bonchev–Trinajstić information content (AvgIpc) is 2.48. The summed E-state index contributed by atoms with van der Waals surface area (Å²) >= 11 is 0. The molecule has 1 aromatic rings. The monoisotopic (exact) mass is 265 g/mol. The minimum Gasteiger partial charge on any atom is -0.497 e. The fraction of sp³-hybridized carbons (Fsp3) is 0.462. The zero-order valence-electron chi connectivity index (χ0n) is 11.2. The van der Waals surface area contributed by atoms with Gasteiger partial charge in [0.2, 0.25) is 0 Å². The van der Waals surface area contributed by atoms with Crippen LogP contribution in [0.15, 0.2) is 18.2 Å². The van der Waals surface area contributed by atoms with Gasteiger partial charge in [0.25, 0.3) is 0 Å². The van der Waals surface area contributed by atoms with Crippen molar-refractivity contribution in [1.82, 2.24) is 10.2 Å². The van der Waals surface area contributed by atoms with Crippen LogP contribution in [0.1, 0.15) is 0 Å². The van der Waals surface area contributed by atoms with Gasteiger partial charge in [-0.15, -0.1) is 0 Å². The molecule has 1 aromatic carbocycles. The van der Waals surface area contributed by atoms with E-state index < -0.39 is 0 Å². The molecule has 1 fully saturated rings. The summed E-state index contributed by atoms with van der Waals surface area (Å²) in [5, 5.41) is 6.07. The van der Waals surface area contributed by atoms with Gasteiger partial charge in [0, 0.05) is 32.2 Å². The molecule has 1 heterocycles. The van der Waals surface area contributed by atoms with Crippen LogP contribution in [0.2, 0.25) is 0 Å². The van der Waals surface area contributed by atoms with Crippen LogP contribution in [0.3, 0.4) is 0 Å². The Kier molecular flexibility index (Phi) is 4.46. The molecule has 2 N–H and O–H groups in total. The van der Waals surface area contributed by atoms with Gasteiger partial charge in [-0.25, -0.2) is 4.79 Å². The molecule has 0 bridgehead atoms. The van der Waals surface area contributed by atoms with Crippen LogP contribution < -0.4 is 20.1 Å². The Balaban J connectivity index is 2.07. The molecule has 0 aromatic heterocycles. The van der Waals surface area contributed by atoms with Crippen LogP contribution in [0, 0.1) is 0 Å². The van der Waals surface area contributed by atoms with E-state index in [1.54, 1.807) is 37.3 Å². The van der Waals surface area contributed by atoms with Gasteiger partial charge in [0.15, 0.2) is 0 Å². The minimum absolute atomic E-state index is 0.107. The van der Waals surface area contributed by atoms with E-state index in [2.05, 4.69) is 10.6 Å². The molecule has 0 saturated carbocycles. The van der Waals surface area contributed by atoms with Gasteiger partial charge in [-0.2, -0.15) is 0 Å². The third-order valence-corrected chi connectivity index (χ3v) is 3.05. The van der Waals surface area contributed by atoms with Crippen LogP contribution in [0.4, 0.5) is 10.5 Å². The maximum absolute atomic E-state index is 12.1. The first-order chi connectivity index (χ1) is 9.24. The molecule has 0 unspecified atom stereocenters. The molecular formula is C13H19N3O3. The Morgan fingerprint density at radius 3 is 2.63 bits per heavy atom. The second kappa shape index (κ2) is 6.29. The summed E-state index contributed by atoms with van der Waals surface area (Å²) < 4.78 is 10.4. The van der Waals surface area contributed by atoms with Crippen LogP contribution >= 0.6 is 0 Å². The van der Waals surface area contributed by atoms with Gasteiger partial charge in [-0.05, 0) is 12.1 Å². The molecule has 0 atom stereocenters. The number of rotatable bonds is 3. The third kappa shape index (κ3) is 3.29. The number of amides is 2. The second-order valence-electron chi connectivity index (χ2n) is 4.23. The molecule has 2 amide bonds. The van der Waals surface area contributed by atoms with E-state index >= 15 is 0 Å². The molecule has 0 radical (unpaired) electrons.